The van der Waals surface area contributed by atoms with Crippen LogP contribution in [0, 0.1) is 0 Å². The van der Waals surface area contributed by atoms with Crippen molar-refractivity contribution in [1.29, 1.82) is 0 Å². The minimum atomic E-state index is -0.248. The molecule has 1 amide bonds. The van der Waals surface area contributed by atoms with E-state index in [0.29, 0.717) is 39.3 Å². The van der Waals surface area contributed by atoms with E-state index in [1.54, 1.807) is 43.5 Å². The molecule has 1 N–H and O–H groups in total. The van der Waals surface area contributed by atoms with Gasteiger partial charge in [0.05, 0.1) is 31.2 Å². The van der Waals surface area contributed by atoms with Gasteiger partial charge in [0.1, 0.15) is 17.6 Å². The minimum absolute atomic E-state index is 0.137. The molecule has 4 aromatic rings. The van der Waals surface area contributed by atoms with Crippen LogP contribution in [0.25, 0.3) is 22.1 Å². The molecule has 0 saturated heterocycles. The number of benzene rings is 3. The molecule has 0 radical (unpaired) electrons. The zero-order valence-corrected chi connectivity index (χ0v) is 19.2. The van der Waals surface area contributed by atoms with Crippen LogP contribution in [0.3, 0.4) is 0 Å². The smallest absolute Gasteiger partial charge is 0.258 e. The third-order valence-corrected chi connectivity index (χ3v) is 5.49. The van der Waals surface area contributed by atoms with Crippen molar-refractivity contribution in [2.45, 2.75) is 13.0 Å². The molecule has 0 unspecified atom stereocenters. The summed E-state index contributed by atoms with van der Waals surface area (Å²) in [6, 6.07) is 19.6. The molecule has 3 aromatic carbocycles. The van der Waals surface area contributed by atoms with Crippen molar-refractivity contribution in [2.75, 3.05) is 20.8 Å². The van der Waals surface area contributed by atoms with Crippen LogP contribution in [0.2, 0.25) is 0 Å². The highest BCUT2D eigenvalue weighted by molar-refractivity contribution is 5.83. The zero-order chi connectivity index (χ0) is 24.1. The summed E-state index contributed by atoms with van der Waals surface area (Å²) in [4.78, 5) is 25.4. The normalized spacial score (nSPS) is 11.6. The van der Waals surface area contributed by atoms with Crippen LogP contribution in [0.1, 0.15) is 18.5 Å². The van der Waals surface area contributed by atoms with Gasteiger partial charge in [-0.05, 0) is 42.3 Å². The summed E-state index contributed by atoms with van der Waals surface area (Å²) in [5.74, 6) is 1.27. The fourth-order valence-electron chi connectivity index (χ4n) is 3.66. The summed E-state index contributed by atoms with van der Waals surface area (Å²) in [5.41, 5.74) is 2.24. The van der Waals surface area contributed by atoms with Crippen molar-refractivity contribution >= 4 is 16.9 Å². The lowest BCUT2D eigenvalue weighted by atomic mass is 10.0. The number of nitrogens with one attached hydrogen (secondary N) is 1. The van der Waals surface area contributed by atoms with E-state index in [-0.39, 0.29) is 24.0 Å². The van der Waals surface area contributed by atoms with E-state index < -0.39 is 0 Å². The van der Waals surface area contributed by atoms with Gasteiger partial charge in [0, 0.05) is 6.07 Å². The number of amides is 1. The van der Waals surface area contributed by atoms with Gasteiger partial charge in [-0.25, -0.2) is 0 Å². The molecule has 1 aromatic heterocycles. The first-order valence-corrected chi connectivity index (χ1v) is 10.7. The first-order chi connectivity index (χ1) is 16.5. The van der Waals surface area contributed by atoms with Crippen LogP contribution in [0.15, 0.2) is 82.2 Å². The Hall–Kier alpha value is -4.26. The summed E-state index contributed by atoms with van der Waals surface area (Å²) in [6.45, 7) is 1.75. The van der Waals surface area contributed by atoms with Crippen molar-refractivity contribution in [2.24, 2.45) is 0 Å². The molecular weight excluding hydrogens is 434 g/mol. The van der Waals surface area contributed by atoms with Crippen molar-refractivity contribution in [3.8, 4) is 28.4 Å². The zero-order valence-electron chi connectivity index (χ0n) is 19.2. The predicted molar refractivity (Wildman–Crippen MR) is 130 cm³/mol. The SMILES string of the molecule is COc1ccc(-c2coc3cc(OCC(=O)N[C@H](C)c4ccccc4)ccc3c2=O)cc1OC. The molecule has 7 nitrogen and oxygen atoms in total. The van der Waals surface area contributed by atoms with Crippen LogP contribution in [0.4, 0.5) is 0 Å². The second-order valence-electron chi connectivity index (χ2n) is 7.69. The van der Waals surface area contributed by atoms with Crippen LogP contribution in [-0.2, 0) is 4.79 Å². The third-order valence-electron chi connectivity index (χ3n) is 5.49. The topological polar surface area (TPSA) is 87.0 Å². The van der Waals surface area contributed by atoms with E-state index in [9.17, 15) is 9.59 Å². The maximum Gasteiger partial charge on any atom is 0.258 e. The number of rotatable bonds is 8. The van der Waals surface area contributed by atoms with Gasteiger partial charge in [0.25, 0.3) is 5.91 Å². The van der Waals surface area contributed by atoms with Crippen molar-refractivity contribution < 1.29 is 23.4 Å². The molecule has 1 heterocycles. The highest BCUT2D eigenvalue weighted by Crippen LogP contribution is 2.32. The van der Waals surface area contributed by atoms with Gasteiger partial charge >= 0.3 is 0 Å². The van der Waals surface area contributed by atoms with E-state index in [1.807, 2.05) is 37.3 Å². The Morgan fingerprint density at radius 3 is 2.47 bits per heavy atom. The summed E-state index contributed by atoms with van der Waals surface area (Å²) >= 11 is 0. The maximum atomic E-state index is 13.1. The van der Waals surface area contributed by atoms with Crippen LogP contribution >= 0.6 is 0 Å². The second kappa shape index (κ2) is 10.1. The summed E-state index contributed by atoms with van der Waals surface area (Å²) < 4.78 is 21.9. The van der Waals surface area contributed by atoms with E-state index in [0.717, 1.165) is 5.56 Å². The molecule has 7 heteroatoms. The number of hydrogen-bond donors (Lipinski definition) is 1. The molecule has 4 rings (SSSR count). The molecular formula is C27H25NO6. The Labute approximate surface area is 196 Å². The number of hydrogen-bond acceptors (Lipinski definition) is 6. The molecule has 0 aliphatic carbocycles. The molecule has 174 valence electrons. The maximum absolute atomic E-state index is 13.1. The van der Waals surface area contributed by atoms with Crippen LogP contribution in [0.5, 0.6) is 17.2 Å². The number of ether oxygens (including phenoxy) is 3. The van der Waals surface area contributed by atoms with E-state index in [4.69, 9.17) is 18.6 Å². The van der Waals surface area contributed by atoms with Gasteiger partial charge in [-0.2, -0.15) is 0 Å². The van der Waals surface area contributed by atoms with Crippen molar-refractivity contribution in [1.82, 2.24) is 5.32 Å². The number of fused-ring (bicyclic) bond motifs is 1. The lowest BCUT2D eigenvalue weighted by Crippen LogP contribution is -2.31. The summed E-state index contributed by atoms with van der Waals surface area (Å²) in [5, 5.41) is 3.30. The Morgan fingerprint density at radius 2 is 1.74 bits per heavy atom. The van der Waals surface area contributed by atoms with Crippen LogP contribution in [-0.4, -0.2) is 26.7 Å². The molecule has 0 saturated carbocycles. The average Bonchev–Trinajstić information content (AvgIpc) is 2.87. The van der Waals surface area contributed by atoms with Gasteiger partial charge in [-0.3, -0.25) is 9.59 Å². The minimum Gasteiger partial charge on any atom is -0.493 e. The Bertz CT molecular complexity index is 1360. The molecule has 34 heavy (non-hydrogen) atoms. The van der Waals surface area contributed by atoms with E-state index in [1.165, 1.54) is 13.4 Å². The Balaban J connectivity index is 1.48. The molecule has 0 spiro atoms. The first-order valence-electron chi connectivity index (χ1n) is 10.7. The Morgan fingerprint density at radius 1 is 0.971 bits per heavy atom. The van der Waals surface area contributed by atoms with Crippen molar-refractivity contribution in [3.05, 3.63) is 88.8 Å². The number of carbonyl (C=O) groups is 1. The molecule has 0 aliphatic heterocycles. The highest BCUT2D eigenvalue weighted by atomic mass is 16.5. The first kappa shape index (κ1) is 22.9. The van der Waals surface area contributed by atoms with Gasteiger partial charge in [0.2, 0.25) is 0 Å². The average molecular weight is 459 g/mol. The largest absolute Gasteiger partial charge is 0.493 e. The van der Waals surface area contributed by atoms with Gasteiger partial charge < -0.3 is 23.9 Å². The van der Waals surface area contributed by atoms with E-state index in [2.05, 4.69) is 5.32 Å². The van der Waals surface area contributed by atoms with Gasteiger partial charge in [-0.15, -0.1) is 0 Å². The summed E-state index contributed by atoms with van der Waals surface area (Å²) in [6.07, 6.45) is 1.41. The second-order valence-corrected chi connectivity index (χ2v) is 7.69. The van der Waals surface area contributed by atoms with E-state index >= 15 is 0 Å². The molecule has 1 atom stereocenters. The molecule has 0 aliphatic rings. The molecule has 0 fully saturated rings. The van der Waals surface area contributed by atoms with Crippen LogP contribution < -0.4 is 25.0 Å². The fraction of sp³-hybridized carbons (Fsp3) is 0.185. The van der Waals surface area contributed by atoms with Gasteiger partial charge in [-0.1, -0.05) is 36.4 Å². The standard InChI is InChI=1S/C27H25NO6/c1-17(18-7-5-4-6-8-18)28-26(29)16-33-20-10-11-21-24(14-20)34-15-22(27(21)30)19-9-12-23(31-2)25(13-19)32-3/h4-15,17H,16H2,1-3H3,(H,28,29)/t17-/m1/s1. The fourth-order valence-corrected chi connectivity index (χ4v) is 3.66. The van der Waals surface area contributed by atoms with Gasteiger partial charge in [0.15, 0.2) is 23.5 Å². The lowest BCUT2D eigenvalue weighted by molar-refractivity contribution is -0.123. The number of carbonyl (C=O) groups excluding carboxylic acids is 1. The highest BCUT2D eigenvalue weighted by Gasteiger charge is 2.14. The lowest BCUT2D eigenvalue weighted by Gasteiger charge is -2.14. The Kier molecular flexibility index (Phi) is 6.82. The predicted octanol–water partition coefficient (Wildman–Crippen LogP) is 4.73. The van der Waals surface area contributed by atoms with Crippen molar-refractivity contribution in [3.63, 3.8) is 0 Å². The summed E-state index contributed by atoms with van der Waals surface area (Å²) in [7, 11) is 3.09. The molecule has 0 bridgehead atoms. The number of methoxy groups -OCH3 is 2. The third kappa shape index (κ3) is 4.88. The monoisotopic (exact) mass is 459 g/mol. The quantitative estimate of drug-likeness (QED) is 0.410.